The molecule has 16 heavy (non-hydrogen) atoms. The van der Waals surface area contributed by atoms with Crippen molar-refractivity contribution >= 4 is 21.6 Å². The first-order valence-electron chi connectivity index (χ1n) is 5.55. The molecule has 1 saturated heterocycles. The van der Waals surface area contributed by atoms with Gasteiger partial charge in [0, 0.05) is 29.3 Å². The van der Waals surface area contributed by atoms with Gasteiger partial charge in [0.2, 0.25) is 0 Å². The van der Waals surface area contributed by atoms with Crippen molar-refractivity contribution in [3.63, 3.8) is 0 Å². The lowest BCUT2D eigenvalue weighted by molar-refractivity contribution is 0.411. The Morgan fingerprint density at radius 3 is 3.00 bits per heavy atom. The minimum atomic E-state index is 0.601. The van der Waals surface area contributed by atoms with Crippen LogP contribution in [-0.2, 0) is 0 Å². The molecule has 1 aliphatic heterocycles. The molecule has 1 unspecified atom stereocenters. The fourth-order valence-electron chi connectivity index (χ4n) is 2.36. The van der Waals surface area contributed by atoms with E-state index in [1.54, 1.807) is 0 Å². The number of likely N-dealkylation sites (N-methyl/N-ethyl adjacent to an activating group) is 1. The summed E-state index contributed by atoms with van der Waals surface area (Å²) in [6, 6.07) is 4.08. The number of fused-ring (bicyclic) bond motifs is 1. The highest BCUT2D eigenvalue weighted by atomic mass is 79.9. The zero-order chi connectivity index (χ0) is 11.1. The summed E-state index contributed by atoms with van der Waals surface area (Å²) in [5, 5.41) is 0. The number of hydrogen-bond acceptors (Lipinski definition) is 2. The van der Waals surface area contributed by atoms with Gasteiger partial charge in [0.1, 0.15) is 5.65 Å². The Morgan fingerprint density at radius 2 is 2.25 bits per heavy atom. The molecule has 1 fully saturated rings. The van der Waals surface area contributed by atoms with E-state index in [1.807, 2.05) is 12.1 Å². The highest BCUT2D eigenvalue weighted by Gasteiger charge is 2.23. The van der Waals surface area contributed by atoms with Gasteiger partial charge in [-0.25, -0.2) is 4.98 Å². The Labute approximate surface area is 103 Å². The normalized spacial score (nSPS) is 22.0. The van der Waals surface area contributed by atoms with Gasteiger partial charge in [-0.2, -0.15) is 0 Å². The third kappa shape index (κ3) is 1.76. The van der Waals surface area contributed by atoms with Crippen molar-refractivity contribution in [3.8, 4) is 0 Å². The van der Waals surface area contributed by atoms with Crippen LogP contribution in [0.5, 0.6) is 0 Å². The van der Waals surface area contributed by atoms with Crippen molar-refractivity contribution in [1.82, 2.24) is 14.3 Å². The van der Waals surface area contributed by atoms with Gasteiger partial charge in [-0.3, -0.25) is 0 Å². The first kappa shape index (κ1) is 10.3. The number of halogens is 1. The molecule has 0 radical (unpaired) electrons. The maximum absolute atomic E-state index is 4.69. The van der Waals surface area contributed by atoms with Crippen molar-refractivity contribution in [2.75, 3.05) is 20.1 Å². The van der Waals surface area contributed by atoms with Crippen molar-refractivity contribution in [3.05, 3.63) is 34.7 Å². The standard InChI is InChI=1S/C12H14BrN3/c1-15-5-4-9(6-15)11-8-16-7-10(13)2-3-12(16)14-11/h2-3,7-9H,4-6H2,1H3. The fraction of sp³-hybridized carbons (Fsp3) is 0.417. The lowest BCUT2D eigenvalue weighted by Gasteiger charge is -2.06. The quantitative estimate of drug-likeness (QED) is 0.800. The third-order valence-corrected chi connectivity index (χ3v) is 3.71. The zero-order valence-electron chi connectivity index (χ0n) is 9.23. The SMILES string of the molecule is CN1CCC(c2cn3cc(Br)ccc3n2)C1. The largest absolute Gasteiger partial charge is 0.306 e. The van der Waals surface area contributed by atoms with E-state index in [0.29, 0.717) is 5.92 Å². The summed E-state index contributed by atoms with van der Waals surface area (Å²) in [7, 11) is 2.17. The van der Waals surface area contributed by atoms with E-state index in [9.17, 15) is 0 Å². The molecule has 1 atom stereocenters. The molecule has 0 amide bonds. The average molecular weight is 280 g/mol. The van der Waals surface area contributed by atoms with Crippen LogP contribution < -0.4 is 0 Å². The van der Waals surface area contributed by atoms with Crippen LogP contribution in [0.4, 0.5) is 0 Å². The molecule has 3 nitrogen and oxygen atoms in total. The van der Waals surface area contributed by atoms with Crippen molar-refractivity contribution in [1.29, 1.82) is 0 Å². The van der Waals surface area contributed by atoms with Gasteiger partial charge >= 0.3 is 0 Å². The van der Waals surface area contributed by atoms with Gasteiger partial charge in [0.05, 0.1) is 5.69 Å². The molecule has 4 heteroatoms. The molecule has 0 spiro atoms. The molecule has 3 rings (SSSR count). The van der Waals surface area contributed by atoms with Crippen LogP contribution in [0.25, 0.3) is 5.65 Å². The van der Waals surface area contributed by atoms with Crippen LogP contribution in [-0.4, -0.2) is 34.4 Å². The molecule has 0 aliphatic carbocycles. The fourth-order valence-corrected chi connectivity index (χ4v) is 2.71. The molecular formula is C12H14BrN3. The predicted molar refractivity (Wildman–Crippen MR) is 67.7 cm³/mol. The van der Waals surface area contributed by atoms with Crippen LogP contribution in [0.3, 0.4) is 0 Å². The molecule has 2 aromatic rings. The van der Waals surface area contributed by atoms with Crippen LogP contribution in [0.15, 0.2) is 29.0 Å². The summed E-state index contributed by atoms with van der Waals surface area (Å²) in [5.41, 5.74) is 2.26. The van der Waals surface area contributed by atoms with Gasteiger partial charge in [0.15, 0.2) is 0 Å². The van der Waals surface area contributed by atoms with Gasteiger partial charge < -0.3 is 9.30 Å². The van der Waals surface area contributed by atoms with E-state index >= 15 is 0 Å². The second-order valence-electron chi connectivity index (χ2n) is 4.53. The Kier molecular flexibility index (Phi) is 2.48. The van der Waals surface area contributed by atoms with Crippen LogP contribution in [0.1, 0.15) is 18.0 Å². The van der Waals surface area contributed by atoms with Gasteiger partial charge in [-0.15, -0.1) is 0 Å². The summed E-state index contributed by atoms with van der Waals surface area (Å²) in [4.78, 5) is 7.05. The van der Waals surface area contributed by atoms with Crippen LogP contribution >= 0.6 is 15.9 Å². The molecule has 0 aromatic carbocycles. The second kappa shape index (κ2) is 3.86. The Morgan fingerprint density at radius 1 is 1.38 bits per heavy atom. The van der Waals surface area contributed by atoms with Crippen molar-refractivity contribution in [2.45, 2.75) is 12.3 Å². The minimum Gasteiger partial charge on any atom is -0.306 e. The summed E-state index contributed by atoms with van der Waals surface area (Å²) >= 11 is 3.48. The van der Waals surface area contributed by atoms with E-state index in [2.05, 4.69) is 49.7 Å². The molecule has 0 N–H and O–H groups in total. The highest BCUT2D eigenvalue weighted by molar-refractivity contribution is 9.10. The first-order chi connectivity index (χ1) is 7.72. The molecule has 3 heterocycles. The molecular weight excluding hydrogens is 266 g/mol. The molecule has 0 saturated carbocycles. The van der Waals surface area contributed by atoms with Crippen molar-refractivity contribution < 1.29 is 0 Å². The van der Waals surface area contributed by atoms with Crippen molar-refractivity contribution in [2.24, 2.45) is 0 Å². The Bertz CT molecular complexity index is 520. The number of nitrogens with zero attached hydrogens (tertiary/aromatic N) is 3. The van der Waals surface area contributed by atoms with E-state index in [0.717, 1.165) is 16.7 Å². The zero-order valence-corrected chi connectivity index (χ0v) is 10.8. The molecule has 0 bridgehead atoms. The van der Waals surface area contributed by atoms with Gasteiger partial charge in [0.25, 0.3) is 0 Å². The number of likely N-dealkylation sites (tertiary alicyclic amines) is 1. The maximum Gasteiger partial charge on any atom is 0.137 e. The monoisotopic (exact) mass is 279 g/mol. The van der Waals surface area contributed by atoms with Crippen LogP contribution in [0.2, 0.25) is 0 Å². The van der Waals surface area contributed by atoms with Gasteiger partial charge in [-0.1, -0.05) is 0 Å². The van der Waals surface area contributed by atoms with Crippen LogP contribution in [0, 0.1) is 0 Å². The average Bonchev–Trinajstić information content (AvgIpc) is 2.83. The smallest absolute Gasteiger partial charge is 0.137 e. The first-order valence-corrected chi connectivity index (χ1v) is 6.34. The molecule has 84 valence electrons. The number of rotatable bonds is 1. The topological polar surface area (TPSA) is 20.5 Å². The highest BCUT2D eigenvalue weighted by Crippen LogP contribution is 2.26. The Hall–Kier alpha value is -0.870. The lowest BCUT2D eigenvalue weighted by atomic mass is 10.1. The minimum absolute atomic E-state index is 0.601. The Balaban J connectivity index is 1.99. The molecule has 2 aromatic heterocycles. The third-order valence-electron chi connectivity index (χ3n) is 3.24. The second-order valence-corrected chi connectivity index (χ2v) is 5.44. The predicted octanol–water partition coefficient (Wildman–Crippen LogP) is 2.52. The molecule has 1 aliphatic rings. The summed E-state index contributed by atoms with van der Waals surface area (Å²) in [5.74, 6) is 0.601. The number of pyridine rings is 1. The summed E-state index contributed by atoms with van der Waals surface area (Å²) in [6.45, 7) is 2.31. The van der Waals surface area contributed by atoms with E-state index < -0.39 is 0 Å². The summed E-state index contributed by atoms with van der Waals surface area (Å²) < 4.78 is 3.19. The van der Waals surface area contributed by atoms with E-state index in [1.165, 1.54) is 18.7 Å². The number of aromatic nitrogens is 2. The van der Waals surface area contributed by atoms with Gasteiger partial charge in [-0.05, 0) is 48.1 Å². The number of hydrogen-bond donors (Lipinski definition) is 0. The van der Waals surface area contributed by atoms with E-state index in [4.69, 9.17) is 0 Å². The number of imidazole rings is 1. The van der Waals surface area contributed by atoms with E-state index in [-0.39, 0.29) is 0 Å². The summed E-state index contributed by atoms with van der Waals surface area (Å²) in [6.07, 6.45) is 5.44. The lowest BCUT2D eigenvalue weighted by Crippen LogP contribution is -2.13. The maximum atomic E-state index is 4.69.